The molecule has 3 aromatic heterocycles. The maximum atomic E-state index is 5.04. The number of pyridine rings is 1. The Bertz CT molecular complexity index is 2460. The zero-order chi connectivity index (χ0) is 32.5. The van der Waals surface area contributed by atoms with Crippen molar-refractivity contribution in [2.75, 3.05) is 6.54 Å². The van der Waals surface area contributed by atoms with Crippen LogP contribution in [0.15, 0.2) is 145 Å². The predicted octanol–water partition coefficient (Wildman–Crippen LogP) is 9.56. The summed E-state index contributed by atoms with van der Waals surface area (Å²) in [7, 11) is 0. The van der Waals surface area contributed by atoms with Crippen LogP contribution in [-0.4, -0.2) is 21.5 Å². The van der Waals surface area contributed by atoms with Crippen LogP contribution >= 0.6 is 11.3 Å². The summed E-state index contributed by atoms with van der Waals surface area (Å²) in [6, 6.07) is 40.6. The van der Waals surface area contributed by atoms with Crippen molar-refractivity contribution in [1.29, 1.82) is 0 Å². The summed E-state index contributed by atoms with van der Waals surface area (Å²) in [6.45, 7) is 7.17. The lowest BCUT2D eigenvalue weighted by Gasteiger charge is -2.23. The minimum atomic E-state index is 0.0953. The van der Waals surface area contributed by atoms with Crippen LogP contribution in [0.4, 0.5) is 0 Å². The van der Waals surface area contributed by atoms with E-state index >= 15 is 0 Å². The van der Waals surface area contributed by atoms with Crippen LogP contribution in [0.25, 0.3) is 54.0 Å². The van der Waals surface area contributed by atoms with Gasteiger partial charge in [-0.3, -0.25) is 4.99 Å². The number of unbranched alkanes of at least 4 members (excludes halogenated alkanes) is 1. The van der Waals surface area contributed by atoms with Crippen LogP contribution in [0.2, 0.25) is 0 Å². The second-order valence-electron chi connectivity index (χ2n) is 12.1. The standard InChI is InChI=1S/C43H34N4S/c1-3-4-6-13-28(2)37-26-38(47-42(46-37)31-14-7-5-8-15-31)29-21-23-30(24-22-29)40-35-19-12-25-44-43(35)45-27-36(40)34-18-11-17-33-32-16-9-10-20-39(32)48-41(33)34/h5-26,36H,2-4,27H2,1H3/b13-6-. The van der Waals surface area contributed by atoms with Gasteiger partial charge in [0.1, 0.15) is 0 Å². The molecule has 0 amide bonds. The van der Waals surface area contributed by atoms with Crippen LogP contribution in [0, 0.1) is 0 Å². The molecule has 7 aromatic rings. The SMILES string of the molecule is C=C(/C=C\CCC)c1cc(-c2ccc(C3=c4cccnc4=NCC3c3cccc4c3sc3ccccc34)cc2)nc(-c2ccccc2)n1. The molecule has 4 nitrogen and oxygen atoms in total. The van der Waals surface area contributed by atoms with Crippen molar-refractivity contribution in [3.8, 4) is 22.6 Å². The average Bonchev–Trinajstić information content (AvgIpc) is 3.54. The first-order valence-electron chi connectivity index (χ1n) is 16.5. The topological polar surface area (TPSA) is 51.0 Å². The minimum absolute atomic E-state index is 0.0953. The Morgan fingerprint density at radius 3 is 2.46 bits per heavy atom. The van der Waals surface area contributed by atoms with Crippen LogP contribution < -0.4 is 10.7 Å². The molecule has 48 heavy (non-hydrogen) atoms. The molecule has 1 aliphatic heterocycles. The van der Waals surface area contributed by atoms with E-state index < -0.39 is 0 Å². The monoisotopic (exact) mass is 638 g/mol. The van der Waals surface area contributed by atoms with Crippen molar-refractivity contribution >= 4 is 42.7 Å². The number of hydrogen-bond donors (Lipinski definition) is 0. The van der Waals surface area contributed by atoms with Crippen molar-refractivity contribution in [3.63, 3.8) is 0 Å². The van der Waals surface area contributed by atoms with Gasteiger partial charge in [0.15, 0.2) is 11.3 Å². The summed E-state index contributed by atoms with van der Waals surface area (Å²) in [5.74, 6) is 0.787. The van der Waals surface area contributed by atoms with Crippen molar-refractivity contribution in [2.24, 2.45) is 4.99 Å². The molecule has 8 rings (SSSR count). The number of aromatic nitrogens is 3. The first kappa shape index (κ1) is 29.9. The maximum absolute atomic E-state index is 5.04. The Morgan fingerprint density at radius 2 is 1.60 bits per heavy atom. The van der Waals surface area contributed by atoms with Gasteiger partial charge in [0, 0.05) is 48.6 Å². The molecule has 4 heterocycles. The summed E-state index contributed by atoms with van der Waals surface area (Å²) in [5, 5.41) is 3.70. The number of allylic oxidation sites excluding steroid dienone is 3. The normalized spacial score (nSPS) is 14.4. The van der Waals surface area contributed by atoms with Gasteiger partial charge in [-0.1, -0.05) is 123 Å². The van der Waals surface area contributed by atoms with Gasteiger partial charge in [0.05, 0.1) is 17.9 Å². The molecule has 1 aliphatic rings. The van der Waals surface area contributed by atoms with E-state index in [9.17, 15) is 0 Å². The van der Waals surface area contributed by atoms with E-state index in [-0.39, 0.29) is 5.92 Å². The number of benzene rings is 4. The third-order valence-corrected chi connectivity index (χ3v) is 10.2. The summed E-state index contributed by atoms with van der Waals surface area (Å²) >= 11 is 1.87. The summed E-state index contributed by atoms with van der Waals surface area (Å²) in [6.07, 6.45) is 8.16. The maximum Gasteiger partial charge on any atom is 0.160 e. The van der Waals surface area contributed by atoms with Crippen molar-refractivity contribution in [1.82, 2.24) is 15.0 Å². The highest BCUT2D eigenvalue weighted by Gasteiger charge is 2.25. The highest BCUT2D eigenvalue weighted by Crippen LogP contribution is 2.42. The van der Waals surface area contributed by atoms with Gasteiger partial charge < -0.3 is 0 Å². The molecular formula is C43H34N4S. The number of nitrogens with zero attached hydrogens (tertiary/aromatic N) is 4. The van der Waals surface area contributed by atoms with Crippen molar-refractivity contribution in [3.05, 3.63) is 168 Å². The van der Waals surface area contributed by atoms with Crippen molar-refractivity contribution < 1.29 is 0 Å². The summed E-state index contributed by atoms with van der Waals surface area (Å²) in [4.78, 5) is 19.6. The summed E-state index contributed by atoms with van der Waals surface area (Å²) < 4.78 is 2.64. The van der Waals surface area contributed by atoms with Crippen LogP contribution in [0.5, 0.6) is 0 Å². The van der Waals surface area contributed by atoms with Gasteiger partial charge in [0.25, 0.3) is 0 Å². The molecule has 1 atom stereocenters. The molecule has 0 radical (unpaired) electrons. The number of rotatable bonds is 8. The van der Waals surface area contributed by atoms with Gasteiger partial charge in [-0.2, -0.15) is 0 Å². The molecule has 0 spiro atoms. The minimum Gasteiger partial charge on any atom is -0.265 e. The molecule has 0 saturated heterocycles. The zero-order valence-corrected chi connectivity index (χ0v) is 27.6. The second-order valence-corrected chi connectivity index (χ2v) is 13.2. The third kappa shape index (κ3) is 5.56. The molecule has 0 N–H and O–H groups in total. The molecule has 5 heteroatoms. The molecule has 4 aromatic carbocycles. The summed E-state index contributed by atoms with van der Waals surface area (Å²) in [5.41, 5.74) is 9.12. The first-order chi connectivity index (χ1) is 23.7. The highest BCUT2D eigenvalue weighted by molar-refractivity contribution is 7.26. The van der Waals surface area contributed by atoms with Crippen molar-refractivity contribution in [2.45, 2.75) is 25.7 Å². The van der Waals surface area contributed by atoms with E-state index in [2.05, 4.69) is 122 Å². The number of fused-ring (bicyclic) bond motifs is 4. The Morgan fingerprint density at radius 1 is 0.812 bits per heavy atom. The number of thiophene rings is 1. The van der Waals surface area contributed by atoms with Gasteiger partial charge in [-0.25, -0.2) is 15.0 Å². The van der Waals surface area contributed by atoms with E-state index in [0.29, 0.717) is 12.4 Å². The molecular weight excluding hydrogens is 605 g/mol. The predicted molar refractivity (Wildman–Crippen MR) is 200 cm³/mol. The van der Waals surface area contributed by atoms with Crippen LogP contribution in [0.3, 0.4) is 0 Å². The lowest BCUT2D eigenvalue weighted by atomic mass is 9.83. The Balaban J connectivity index is 1.24. The number of hydrogen-bond acceptors (Lipinski definition) is 5. The first-order valence-corrected chi connectivity index (χ1v) is 17.3. The molecule has 0 fully saturated rings. The fourth-order valence-corrected chi connectivity index (χ4v) is 7.89. The second kappa shape index (κ2) is 12.9. The molecule has 0 saturated carbocycles. The Hall–Kier alpha value is -5.52. The van der Waals surface area contributed by atoms with E-state index in [4.69, 9.17) is 15.0 Å². The van der Waals surface area contributed by atoms with Gasteiger partial charge in [-0.15, -0.1) is 11.3 Å². The smallest absolute Gasteiger partial charge is 0.160 e. The molecule has 0 aliphatic carbocycles. The van der Waals surface area contributed by atoms with E-state index in [1.54, 1.807) is 0 Å². The van der Waals surface area contributed by atoms with E-state index in [1.165, 1.54) is 31.3 Å². The van der Waals surface area contributed by atoms with Gasteiger partial charge >= 0.3 is 0 Å². The molecule has 232 valence electrons. The van der Waals surface area contributed by atoms with Gasteiger partial charge in [0.2, 0.25) is 0 Å². The lowest BCUT2D eigenvalue weighted by Crippen LogP contribution is -2.36. The lowest BCUT2D eigenvalue weighted by molar-refractivity contribution is 0.807. The van der Waals surface area contributed by atoms with Gasteiger partial charge in [-0.05, 0) is 53.0 Å². The molecule has 0 bridgehead atoms. The van der Waals surface area contributed by atoms with Crippen LogP contribution in [0.1, 0.15) is 42.5 Å². The van der Waals surface area contributed by atoms with E-state index in [1.807, 2.05) is 41.8 Å². The zero-order valence-electron chi connectivity index (χ0n) is 26.8. The Kier molecular flexibility index (Phi) is 8.05. The Labute approximate surface area is 284 Å². The van der Waals surface area contributed by atoms with Crippen LogP contribution in [-0.2, 0) is 0 Å². The average molecular weight is 639 g/mol. The fourth-order valence-electron chi connectivity index (χ4n) is 6.62. The quantitative estimate of drug-likeness (QED) is 0.156. The highest BCUT2D eigenvalue weighted by atomic mass is 32.1. The third-order valence-electron chi connectivity index (χ3n) is 9.01. The molecule has 1 unspecified atom stereocenters. The largest absolute Gasteiger partial charge is 0.265 e. The van der Waals surface area contributed by atoms with E-state index in [0.717, 1.165) is 57.2 Å². The fraction of sp³-hybridized carbons (Fsp3) is 0.116.